The molecule has 4 nitrogen and oxygen atoms in total. The predicted octanol–water partition coefficient (Wildman–Crippen LogP) is 2.92. The molecule has 0 aliphatic heterocycles. The molecule has 112 valence electrons. The van der Waals surface area contributed by atoms with Crippen molar-refractivity contribution in [2.75, 3.05) is 26.3 Å². The summed E-state index contributed by atoms with van der Waals surface area (Å²) in [6, 6.07) is 10.1. The zero-order valence-corrected chi connectivity index (χ0v) is 12.6. The molecule has 0 atom stereocenters. The van der Waals surface area contributed by atoms with Gasteiger partial charge in [-0.3, -0.25) is 0 Å². The number of aromatic nitrogens is 1. The SMILES string of the molecule is CCOCCCCNCCn1ccc2cc(C#N)ccc21. The minimum absolute atomic E-state index is 0.715. The summed E-state index contributed by atoms with van der Waals surface area (Å²) in [4.78, 5) is 0. The lowest BCUT2D eigenvalue weighted by molar-refractivity contribution is 0.143. The van der Waals surface area contributed by atoms with E-state index in [1.165, 1.54) is 5.52 Å². The maximum absolute atomic E-state index is 8.91. The zero-order valence-electron chi connectivity index (χ0n) is 12.6. The Labute approximate surface area is 126 Å². The van der Waals surface area contributed by atoms with Gasteiger partial charge in [-0.15, -0.1) is 0 Å². The molecule has 0 saturated heterocycles. The monoisotopic (exact) mass is 285 g/mol. The second-order valence-corrected chi connectivity index (χ2v) is 5.05. The maximum atomic E-state index is 8.91. The van der Waals surface area contributed by atoms with Gasteiger partial charge in [0, 0.05) is 43.4 Å². The van der Waals surface area contributed by atoms with E-state index < -0.39 is 0 Å². The summed E-state index contributed by atoms with van der Waals surface area (Å²) in [5.74, 6) is 0. The Morgan fingerprint density at radius 2 is 2.14 bits per heavy atom. The molecule has 0 aliphatic carbocycles. The van der Waals surface area contributed by atoms with E-state index in [9.17, 15) is 0 Å². The summed E-state index contributed by atoms with van der Waals surface area (Å²) in [5.41, 5.74) is 1.90. The highest BCUT2D eigenvalue weighted by molar-refractivity contribution is 5.81. The number of benzene rings is 1. The van der Waals surface area contributed by atoms with Gasteiger partial charge in [-0.1, -0.05) is 0 Å². The van der Waals surface area contributed by atoms with Crippen LogP contribution >= 0.6 is 0 Å². The number of unbranched alkanes of at least 4 members (excludes halogenated alkanes) is 1. The van der Waals surface area contributed by atoms with E-state index >= 15 is 0 Å². The molecule has 4 heteroatoms. The molecule has 2 aromatic rings. The average Bonchev–Trinajstić information content (AvgIpc) is 2.92. The summed E-state index contributed by atoms with van der Waals surface area (Å²) in [5, 5.41) is 13.5. The molecule has 0 amide bonds. The molecule has 0 radical (unpaired) electrons. The summed E-state index contributed by atoms with van der Waals surface area (Å²) >= 11 is 0. The molecular formula is C17H23N3O. The number of fused-ring (bicyclic) bond motifs is 1. The van der Waals surface area contributed by atoms with Crippen molar-refractivity contribution in [3.05, 3.63) is 36.0 Å². The third kappa shape index (κ3) is 4.59. The Bertz CT molecular complexity index is 598. The van der Waals surface area contributed by atoms with Crippen molar-refractivity contribution < 1.29 is 4.74 Å². The van der Waals surface area contributed by atoms with Crippen LogP contribution in [0.25, 0.3) is 10.9 Å². The first-order chi connectivity index (χ1) is 10.3. The molecule has 1 aromatic heterocycles. The molecule has 0 unspecified atom stereocenters. The van der Waals surface area contributed by atoms with Crippen molar-refractivity contribution in [3.63, 3.8) is 0 Å². The van der Waals surface area contributed by atoms with Crippen molar-refractivity contribution >= 4 is 10.9 Å². The molecule has 1 N–H and O–H groups in total. The number of nitrogens with one attached hydrogen (secondary N) is 1. The molecule has 0 bridgehead atoms. The minimum atomic E-state index is 0.715. The maximum Gasteiger partial charge on any atom is 0.0991 e. The van der Waals surface area contributed by atoms with E-state index in [4.69, 9.17) is 10.00 Å². The van der Waals surface area contributed by atoms with Crippen LogP contribution in [-0.4, -0.2) is 30.9 Å². The van der Waals surface area contributed by atoms with Crippen molar-refractivity contribution in [3.8, 4) is 6.07 Å². The van der Waals surface area contributed by atoms with Crippen LogP contribution < -0.4 is 5.32 Å². The van der Waals surface area contributed by atoms with Gasteiger partial charge in [-0.05, 0) is 50.6 Å². The second-order valence-electron chi connectivity index (χ2n) is 5.05. The molecule has 2 rings (SSSR count). The summed E-state index contributed by atoms with van der Waals surface area (Å²) in [6.07, 6.45) is 4.35. The van der Waals surface area contributed by atoms with Crippen LogP contribution in [-0.2, 0) is 11.3 Å². The Kier molecular flexibility index (Phi) is 6.26. The number of nitrogens with zero attached hydrogens (tertiary/aromatic N) is 2. The van der Waals surface area contributed by atoms with Gasteiger partial charge in [0.1, 0.15) is 0 Å². The van der Waals surface area contributed by atoms with E-state index in [0.29, 0.717) is 5.56 Å². The number of hydrogen-bond acceptors (Lipinski definition) is 3. The zero-order chi connectivity index (χ0) is 14.9. The quantitative estimate of drug-likeness (QED) is 0.721. The van der Waals surface area contributed by atoms with Gasteiger partial charge in [0.15, 0.2) is 0 Å². The first kappa shape index (κ1) is 15.6. The van der Waals surface area contributed by atoms with Gasteiger partial charge in [0.2, 0.25) is 0 Å². The molecular weight excluding hydrogens is 262 g/mol. The van der Waals surface area contributed by atoms with Crippen LogP contribution in [0.4, 0.5) is 0 Å². The fraction of sp³-hybridized carbons (Fsp3) is 0.471. The fourth-order valence-electron chi connectivity index (χ4n) is 2.39. The van der Waals surface area contributed by atoms with E-state index in [2.05, 4.69) is 28.2 Å². The lowest BCUT2D eigenvalue weighted by atomic mass is 10.2. The van der Waals surface area contributed by atoms with Crippen LogP contribution in [0, 0.1) is 11.3 Å². The Morgan fingerprint density at radius 1 is 1.24 bits per heavy atom. The van der Waals surface area contributed by atoms with Crippen LogP contribution in [0.5, 0.6) is 0 Å². The molecule has 1 aromatic carbocycles. The largest absolute Gasteiger partial charge is 0.382 e. The third-order valence-corrected chi connectivity index (χ3v) is 3.53. The van der Waals surface area contributed by atoms with Crippen LogP contribution in [0.1, 0.15) is 25.3 Å². The smallest absolute Gasteiger partial charge is 0.0991 e. The predicted molar refractivity (Wildman–Crippen MR) is 85.2 cm³/mol. The highest BCUT2D eigenvalue weighted by Gasteiger charge is 2.01. The third-order valence-electron chi connectivity index (χ3n) is 3.53. The van der Waals surface area contributed by atoms with E-state index in [1.54, 1.807) is 0 Å². The molecule has 1 heterocycles. The first-order valence-corrected chi connectivity index (χ1v) is 7.62. The van der Waals surface area contributed by atoms with Crippen LogP contribution in [0.3, 0.4) is 0 Å². The summed E-state index contributed by atoms with van der Waals surface area (Å²) in [7, 11) is 0. The van der Waals surface area contributed by atoms with E-state index in [0.717, 1.165) is 51.1 Å². The number of hydrogen-bond donors (Lipinski definition) is 1. The molecule has 0 fully saturated rings. The number of ether oxygens (including phenoxy) is 1. The van der Waals surface area contributed by atoms with Gasteiger partial charge in [0.25, 0.3) is 0 Å². The fourth-order valence-corrected chi connectivity index (χ4v) is 2.39. The van der Waals surface area contributed by atoms with Gasteiger partial charge in [-0.25, -0.2) is 0 Å². The molecule has 0 saturated carbocycles. The normalized spacial score (nSPS) is 10.9. The van der Waals surface area contributed by atoms with Crippen LogP contribution in [0.2, 0.25) is 0 Å². The number of nitriles is 1. The van der Waals surface area contributed by atoms with Crippen molar-refractivity contribution in [1.29, 1.82) is 5.26 Å². The summed E-state index contributed by atoms with van der Waals surface area (Å²) in [6.45, 7) is 6.63. The van der Waals surface area contributed by atoms with Crippen LogP contribution in [0.15, 0.2) is 30.5 Å². The molecule has 21 heavy (non-hydrogen) atoms. The lowest BCUT2D eigenvalue weighted by Crippen LogP contribution is -2.21. The molecule has 0 spiro atoms. The Balaban J connectivity index is 1.73. The van der Waals surface area contributed by atoms with Gasteiger partial charge < -0.3 is 14.6 Å². The lowest BCUT2D eigenvalue weighted by Gasteiger charge is -2.07. The standard InChI is InChI=1S/C17H23N3O/c1-2-21-12-4-3-8-19-9-11-20-10-7-16-13-15(14-18)5-6-17(16)20/h5-7,10,13,19H,2-4,8-9,11-12H2,1H3. The first-order valence-electron chi connectivity index (χ1n) is 7.62. The van der Waals surface area contributed by atoms with Gasteiger partial charge in [-0.2, -0.15) is 5.26 Å². The van der Waals surface area contributed by atoms with Crippen molar-refractivity contribution in [2.24, 2.45) is 0 Å². The van der Waals surface area contributed by atoms with E-state index in [1.807, 2.05) is 25.1 Å². The Morgan fingerprint density at radius 3 is 2.95 bits per heavy atom. The molecule has 0 aliphatic rings. The highest BCUT2D eigenvalue weighted by atomic mass is 16.5. The second kappa shape index (κ2) is 8.46. The topological polar surface area (TPSA) is 50.0 Å². The highest BCUT2D eigenvalue weighted by Crippen LogP contribution is 2.17. The summed E-state index contributed by atoms with van der Waals surface area (Å²) < 4.78 is 7.54. The number of rotatable bonds is 9. The Hall–Kier alpha value is -1.83. The van der Waals surface area contributed by atoms with Crippen molar-refractivity contribution in [2.45, 2.75) is 26.3 Å². The van der Waals surface area contributed by atoms with E-state index in [-0.39, 0.29) is 0 Å². The van der Waals surface area contributed by atoms with Gasteiger partial charge in [0.05, 0.1) is 11.6 Å². The van der Waals surface area contributed by atoms with Gasteiger partial charge >= 0.3 is 0 Å². The van der Waals surface area contributed by atoms with Crippen molar-refractivity contribution in [1.82, 2.24) is 9.88 Å². The average molecular weight is 285 g/mol. The minimum Gasteiger partial charge on any atom is -0.382 e.